The number of benzene rings is 1. The first-order valence-electron chi connectivity index (χ1n) is 3.99. The second kappa shape index (κ2) is 4.19. The van der Waals surface area contributed by atoms with Crippen molar-refractivity contribution in [2.45, 2.75) is 13.0 Å². The molecule has 0 bridgehead atoms. The van der Waals surface area contributed by atoms with Gasteiger partial charge in [-0.05, 0) is 34.5 Å². The van der Waals surface area contributed by atoms with Gasteiger partial charge in [-0.2, -0.15) is 0 Å². The molecular weight excluding hydrogens is 252 g/mol. The van der Waals surface area contributed by atoms with Gasteiger partial charge in [-0.1, -0.05) is 18.2 Å². The van der Waals surface area contributed by atoms with E-state index in [9.17, 15) is 8.78 Å². The zero-order chi connectivity index (χ0) is 10.9. The molecule has 2 N–H and O–H groups in total. The summed E-state index contributed by atoms with van der Waals surface area (Å²) in [7, 11) is 0. The van der Waals surface area contributed by atoms with Gasteiger partial charge in [0.25, 0.3) is 0 Å². The van der Waals surface area contributed by atoms with Gasteiger partial charge in [0.15, 0.2) is 11.6 Å². The minimum atomic E-state index is -0.917. The van der Waals surface area contributed by atoms with Crippen LogP contribution < -0.4 is 5.73 Å². The molecule has 4 heteroatoms. The number of nitrogens with two attached hydrogens (primary N) is 1. The van der Waals surface area contributed by atoms with Crippen molar-refractivity contribution in [3.8, 4) is 0 Å². The zero-order valence-electron chi connectivity index (χ0n) is 7.65. The first-order chi connectivity index (χ1) is 6.45. The number of hydrogen-bond acceptors (Lipinski definition) is 1. The van der Waals surface area contributed by atoms with Gasteiger partial charge < -0.3 is 5.73 Å². The minimum absolute atomic E-state index is 0.0630. The molecule has 0 aromatic heterocycles. The first kappa shape index (κ1) is 11.3. The summed E-state index contributed by atoms with van der Waals surface area (Å²) < 4.78 is 25.9. The standard InChI is InChI=1S/C10H10BrF2N/c1-5(2)10(14)6-3-4-7(12)9(13)8(6)11/h3-4,10H,1,14H2,2H3. The van der Waals surface area contributed by atoms with Crippen molar-refractivity contribution < 1.29 is 8.78 Å². The summed E-state index contributed by atoms with van der Waals surface area (Å²) in [5.74, 6) is -1.81. The lowest BCUT2D eigenvalue weighted by atomic mass is 10.0. The van der Waals surface area contributed by atoms with E-state index in [1.165, 1.54) is 6.07 Å². The van der Waals surface area contributed by atoms with Crippen LogP contribution in [0.15, 0.2) is 28.8 Å². The summed E-state index contributed by atoms with van der Waals surface area (Å²) in [5.41, 5.74) is 6.93. The second-order valence-corrected chi connectivity index (χ2v) is 3.88. The Kier molecular flexibility index (Phi) is 3.39. The summed E-state index contributed by atoms with van der Waals surface area (Å²) in [6.45, 7) is 5.40. The molecule has 1 atom stereocenters. The fourth-order valence-electron chi connectivity index (χ4n) is 1.05. The SMILES string of the molecule is C=C(C)C(N)c1ccc(F)c(F)c1Br. The van der Waals surface area contributed by atoms with E-state index in [2.05, 4.69) is 22.5 Å². The maximum atomic E-state index is 13.1. The molecule has 0 saturated carbocycles. The van der Waals surface area contributed by atoms with Crippen LogP contribution in [0.25, 0.3) is 0 Å². The van der Waals surface area contributed by atoms with Gasteiger partial charge in [0.1, 0.15) is 0 Å². The van der Waals surface area contributed by atoms with Crippen LogP contribution >= 0.6 is 15.9 Å². The summed E-state index contributed by atoms with van der Waals surface area (Å²) in [4.78, 5) is 0. The molecular formula is C10H10BrF2N. The molecule has 1 aromatic rings. The minimum Gasteiger partial charge on any atom is -0.321 e. The Hall–Kier alpha value is -0.740. The molecule has 0 saturated heterocycles. The third-order valence-electron chi connectivity index (χ3n) is 1.93. The molecule has 1 aromatic carbocycles. The molecule has 0 aliphatic rings. The van der Waals surface area contributed by atoms with Gasteiger partial charge in [-0.25, -0.2) is 8.78 Å². The average molecular weight is 262 g/mol. The predicted octanol–water partition coefficient (Wildman–Crippen LogP) is 3.30. The van der Waals surface area contributed by atoms with E-state index in [4.69, 9.17) is 5.73 Å². The first-order valence-corrected chi connectivity index (χ1v) is 4.78. The third-order valence-corrected chi connectivity index (χ3v) is 2.74. The highest BCUT2D eigenvalue weighted by Crippen LogP contribution is 2.29. The Labute approximate surface area is 89.7 Å². The fourth-order valence-corrected chi connectivity index (χ4v) is 1.61. The molecule has 0 heterocycles. The number of halogens is 3. The molecule has 1 unspecified atom stereocenters. The van der Waals surface area contributed by atoms with E-state index in [1.807, 2.05) is 0 Å². The van der Waals surface area contributed by atoms with Crippen molar-refractivity contribution in [3.05, 3.63) is 46.0 Å². The maximum Gasteiger partial charge on any atom is 0.173 e. The topological polar surface area (TPSA) is 26.0 Å². The lowest BCUT2D eigenvalue weighted by Crippen LogP contribution is -2.12. The maximum absolute atomic E-state index is 13.1. The lowest BCUT2D eigenvalue weighted by Gasteiger charge is -2.14. The van der Waals surface area contributed by atoms with Gasteiger partial charge in [0.05, 0.1) is 10.5 Å². The molecule has 14 heavy (non-hydrogen) atoms. The van der Waals surface area contributed by atoms with E-state index in [0.717, 1.165) is 6.07 Å². The molecule has 1 rings (SSSR count). The largest absolute Gasteiger partial charge is 0.321 e. The smallest absolute Gasteiger partial charge is 0.173 e. The summed E-state index contributed by atoms with van der Waals surface area (Å²) in [6, 6.07) is 2.01. The quantitative estimate of drug-likeness (QED) is 0.642. The molecule has 0 amide bonds. The third kappa shape index (κ3) is 2.01. The van der Waals surface area contributed by atoms with Crippen molar-refractivity contribution in [2.24, 2.45) is 5.73 Å². The Balaban J connectivity index is 3.24. The molecule has 76 valence electrons. The van der Waals surface area contributed by atoms with E-state index < -0.39 is 17.7 Å². The number of rotatable bonds is 2. The predicted molar refractivity (Wildman–Crippen MR) is 55.8 cm³/mol. The molecule has 0 fully saturated rings. The van der Waals surface area contributed by atoms with Crippen LogP contribution in [0.5, 0.6) is 0 Å². The van der Waals surface area contributed by atoms with Crippen LogP contribution in [0, 0.1) is 11.6 Å². The van der Waals surface area contributed by atoms with Crippen LogP contribution in [-0.4, -0.2) is 0 Å². The van der Waals surface area contributed by atoms with Crippen LogP contribution in [-0.2, 0) is 0 Å². The van der Waals surface area contributed by atoms with Gasteiger partial charge in [-0.15, -0.1) is 0 Å². The van der Waals surface area contributed by atoms with Gasteiger partial charge >= 0.3 is 0 Å². The van der Waals surface area contributed by atoms with E-state index in [1.54, 1.807) is 6.92 Å². The zero-order valence-corrected chi connectivity index (χ0v) is 9.24. The van der Waals surface area contributed by atoms with Crippen molar-refractivity contribution in [1.82, 2.24) is 0 Å². The highest BCUT2D eigenvalue weighted by atomic mass is 79.9. The number of hydrogen-bond donors (Lipinski definition) is 1. The monoisotopic (exact) mass is 261 g/mol. The van der Waals surface area contributed by atoms with Crippen LogP contribution in [0.4, 0.5) is 8.78 Å². The van der Waals surface area contributed by atoms with Crippen molar-refractivity contribution in [1.29, 1.82) is 0 Å². The Morgan fingerprint density at radius 3 is 2.57 bits per heavy atom. The van der Waals surface area contributed by atoms with Gasteiger partial charge in [0.2, 0.25) is 0 Å². The fraction of sp³-hybridized carbons (Fsp3) is 0.200. The summed E-state index contributed by atoms with van der Waals surface area (Å²) >= 11 is 2.96. The molecule has 1 nitrogen and oxygen atoms in total. The average Bonchev–Trinajstić information content (AvgIpc) is 2.13. The van der Waals surface area contributed by atoms with Crippen molar-refractivity contribution >= 4 is 15.9 Å². The van der Waals surface area contributed by atoms with Crippen molar-refractivity contribution in [3.63, 3.8) is 0 Å². The highest BCUT2D eigenvalue weighted by Gasteiger charge is 2.16. The highest BCUT2D eigenvalue weighted by molar-refractivity contribution is 9.10. The Bertz CT molecular complexity index is 377. The lowest BCUT2D eigenvalue weighted by molar-refractivity contribution is 0.501. The van der Waals surface area contributed by atoms with E-state index >= 15 is 0 Å². The second-order valence-electron chi connectivity index (χ2n) is 3.09. The van der Waals surface area contributed by atoms with Crippen molar-refractivity contribution in [2.75, 3.05) is 0 Å². The Morgan fingerprint density at radius 1 is 1.50 bits per heavy atom. The molecule has 0 spiro atoms. The summed E-state index contributed by atoms with van der Waals surface area (Å²) in [6.07, 6.45) is 0. The molecule has 0 radical (unpaired) electrons. The molecule has 0 aliphatic heterocycles. The van der Waals surface area contributed by atoms with Crippen LogP contribution in [0.2, 0.25) is 0 Å². The van der Waals surface area contributed by atoms with E-state index in [-0.39, 0.29) is 4.47 Å². The van der Waals surface area contributed by atoms with Gasteiger partial charge in [0, 0.05) is 0 Å². The van der Waals surface area contributed by atoms with Gasteiger partial charge in [-0.3, -0.25) is 0 Å². The molecule has 0 aliphatic carbocycles. The van der Waals surface area contributed by atoms with Crippen LogP contribution in [0.1, 0.15) is 18.5 Å². The van der Waals surface area contributed by atoms with Crippen LogP contribution in [0.3, 0.4) is 0 Å². The Morgan fingerprint density at radius 2 is 2.07 bits per heavy atom. The van der Waals surface area contributed by atoms with E-state index in [0.29, 0.717) is 11.1 Å². The normalized spacial score (nSPS) is 12.6. The summed E-state index contributed by atoms with van der Waals surface area (Å²) in [5, 5.41) is 0.